The molecule has 0 aliphatic carbocycles. The summed E-state index contributed by atoms with van der Waals surface area (Å²) in [6.07, 6.45) is 0. The number of hydrogen-bond acceptors (Lipinski definition) is 4. The molecule has 1 aromatic heterocycles. The van der Waals surface area contributed by atoms with E-state index in [-0.39, 0.29) is 5.97 Å². The molecular formula is C22H24N2O3. The first kappa shape index (κ1) is 18.6. The second-order valence-corrected chi connectivity index (χ2v) is 6.00. The number of ether oxygens (including phenoxy) is 2. The van der Waals surface area contributed by atoms with E-state index in [0.29, 0.717) is 18.8 Å². The Labute approximate surface area is 159 Å². The standard InChI is InChI=1S/C22H24N2O3/c1-4-26-19-13-11-18(12-14-19)24-16(3)20(22(25)27-5-2)15-21(24)23-17-9-7-6-8-10-17/h6-15,23H,4-5H2,1-3H3. The number of hydrogen-bond donors (Lipinski definition) is 1. The van der Waals surface area contributed by atoms with Crippen LogP contribution in [0.4, 0.5) is 11.5 Å². The Kier molecular flexibility index (Phi) is 5.81. The Morgan fingerprint density at radius 2 is 1.70 bits per heavy atom. The molecule has 5 nitrogen and oxygen atoms in total. The number of para-hydroxylation sites is 1. The molecule has 5 heteroatoms. The Hall–Kier alpha value is -3.21. The van der Waals surface area contributed by atoms with E-state index in [1.807, 2.05) is 79.1 Å². The number of rotatable bonds is 7. The van der Waals surface area contributed by atoms with Gasteiger partial charge in [0.05, 0.1) is 18.8 Å². The number of esters is 1. The Bertz CT molecular complexity index is 899. The molecule has 0 spiro atoms. The van der Waals surface area contributed by atoms with Gasteiger partial charge in [0, 0.05) is 17.1 Å². The van der Waals surface area contributed by atoms with Crippen LogP contribution in [-0.2, 0) is 4.74 Å². The summed E-state index contributed by atoms with van der Waals surface area (Å²) in [6.45, 7) is 6.64. The number of nitrogens with zero attached hydrogens (tertiary/aromatic N) is 1. The third-order valence-electron chi connectivity index (χ3n) is 4.19. The number of anilines is 2. The van der Waals surface area contributed by atoms with E-state index in [4.69, 9.17) is 9.47 Å². The van der Waals surface area contributed by atoms with E-state index in [1.165, 1.54) is 0 Å². The van der Waals surface area contributed by atoms with E-state index >= 15 is 0 Å². The van der Waals surface area contributed by atoms with Crippen molar-refractivity contribution in [1.29, 1.82) is 0 Å². The number of nitrogens with one attached hydrogen (secondary N) is 1. The highest BCUT2D eigenvalue weighted by molar-refractivity contribution is 5.93. The van der Waals surface area contributed by atoms with E-state index < -0.39 is 0 Å². The quantitative estimate of drug-likeness (QED) is 0.592. The van der Waals surface area contributed by atoms with Crippen molar-refractivity contribution < 1.29 is 14.3 Å². The van der Waals surface area contributed by atoms with Crippen molar-refractivity contribution >= 4 is 17.5 Å². The number of aromatic nitrogens is 1. The van der Waals surface area contributed by atoms with Crippen LogP contribution in [0.15, 0.2) is 60.7 Å². The molecule has 140 valence electrons. The first-order valence-corrected chi connectivity index (χ1v) is 9.08. The topological polar surface area (TPSA) is 52.5 Å². The van der Waals surface area contributed by atoms with Crippen molar-refractivity contribution in [2.75, 3.05) is 18.5 Å². The molecule has 1 N–H and O–H groups in total. The first-order chi connectivity index (χ1) is 13.1. The fraction of sp³-hybridized carbons (Fsp3) is 0.227. The van der Waals surface area contributed by atoms with Crippen LogP contribution in [0.3, 0.4) is 0 Å². The molecule has 0 amide bonds. The Morgan fingerprint density at radius 3 is 2.33 bits per heavy atom. The highest BCUT2D eigenvalue weighted by Gasteiger charge is 2.19. The maximum atomic E-state index is 12.4. The number of carbonyl (C=O) groups is 1. The molecule has 0 fully saturated rings. The van der Waals surface area contributed by atoms with E-state index in [1.54, 1.807) is 6.92 Å². The van der Waals surface area contributed by atoms with Crippen LogP contribution < -0.4 is 10.1 Å². The zero-order valence-electron chi connectivity index (χ0n) is 15.9. The van der Waals surface area contributed by atoms with Crippen molar-refractivity contribution in [2.45, 2.75) is 20.8 Å². The van der Waals surface area contributed by atoms with Gasteiger partial charge in [-0.1, -0.05) is 18.2 Å². The van der Waals surface area contributed by atoms with Gasteiger partial charge in [0.25, 0.3) is 0 Å². The molecule has 1 heterocycles. The molecule has 2 aromatic carbocycles. The minimum atomic E-state index is -0.323. The van der Waals surface area contributed by atoms with Gasteiger partial charge in [-0.05, 0) is 63.2 Å². The largest absolute Gasteiger partial charge is 0.494 e. The molecule has 0 aliphatic rings. The molecular weight excluding hydrogens is 340 g/mol. The lowest BCUT2D eigenvalue weighted by Gasteiger charge is -2.14. The molecule has 27 heavy (non-hydrogen) atoms. The lowest BCUT2D eigenvalue weighted by atomic mass is 10.2. The molecule has 0 atom stereocenters. The van der Waals surface area contributed by atoms with Gasteiger partial charge in [-0.3, -0.25) is 4.57 Å². The SMILES string of the molecule is CCOC(=O)c1cc(Nc2ccccc2)n(-c2ccc(OCC)cc2)c1C. The van der Waals surface area contributed by atoms with Crippen molar-refractivity contribution in [3.63, 3.8) is 0 Å². The fourth-order valence-electron chi connectivity index (χ4n) is 2.97. The highest BCUT2D eigenvalue weighted by Crippen LogP contribution is 2.29. The van der Waals surface area contributed by atoms with Crippen molar-refractivity contribution in [2.24, 2.45) is 0 Å². The molecule has 0 unspecified atom stereocenters. The molecule has 0 radical (unpaired) electrons. The van der Waals surface area contributed by atoms with Crippen LogP contribution in [0.1, 0.15) is 29.9 Å². The van der Waals surface area contributed by atoms with Gasteiger partial charge in [0.1, 0.15) is 11.6 Å². The zero-order chi connectivity index (χ0) is 19.2. The van der Waals surface area contributed by atoms with E-state index in [2.05, 4.69) is 5.32 Å². The number of benzene rings is 2. The summed E-state index contributed by atoms with van der Waals surface area (Å²) in [6, 6.07) is 19.5. The summed E-state index contributed by atoms with van der Waals surface area (Å²) in [5.74, 6) is 1.29. The summed E-state index contributed by atoms with van der Waals surface area (Å²) in [5.41, 5.74) is 3.24. The third-order valence-corrected chi connectivity index (χ3v) is 4.19. The average molecular weight is 364 g/mol. The molecule has 0 saturated carbocycles. The van der Waals surface area contributed by atoms with Crippen molar-refractivity contribution in [3.8, 4) is 11.4 Å². The predicted molar refractivity (Wildman–Crippen MR) is 107 cm³/mol. The fourth-order valence-corrected chi connectivity index (χ4v) is 2.97. The summed E-state index contributed by atoms with van der Waals surface area (Å²) >= 11 is 0. The predicted octanol–water partition coefficient (Wildman–Crippen LogP) is 5.10. The van der Waals surface area contributed by atoms with Gasteiger partial charge < -0.3 is 14.8 Å². The normalized spacial score (nSPS) is 10.5. The highest BCUT2D eigenvalue weighted by atomic mass is 16.5. The molecule has 0 saturated heterocycles. The van der Waals surface area contributed by atoms with Crippen LogP contribution in [0.5, 0.6) is 5.75 Å². The monoisotopic (exact) mass is 364 g/mol. The second kappa shape index (κ2) is 8.45. The van der Waals surface area contributed by atoms with Gasteiger partial charge >= 0.3 is 5.97 Å². The summed E-state index contributed by atoms with van der Waals surface area (Å²) in [4.78, 5) is 12.4. The summed E-state index contributed by atoms with van der Waals surface area (Å²) in [5, 5.41) is 3.39. The molecule has 0 aliphatic heterocycles. The van der Waals surface area contributed by atoms with Crippen LogP contribution in [0, 0.1) is 6.92 Å². The zero-order valence-corrected chi connectivity index (χ0v) is 15.9. The maximum Gasteiger partial charge on any atom is 0.340 e. The van der Waals surface area contributed by atoms with Gasteiger partial charge in [-0.2, -0.15) is 0 Å². The lowest BCUT2D eigenvalue weighted by Crippen LogP contribution is -2.07. The van der Waals surface area contributed by atoms with E-state index in [9.17, 15) is 4.79 Å². The lowest BCUT2D eigenvalue weighted by molar-refractivity contribution is 0.0525. The van der Waals surface area contributed by atoms with Crippen LogP contribution in [0.2, 0.25) is 0 Å². The van der Waals surface area contributed by atoms with Gasteiger partial charge in [-0.15, -0.1) is 0 Å². The minimum Gasteiger partial charge on any atom is -0.494 e. The number of carbonyl (C=O) groups excluding carboxylic acids is 1. The Balaban J connectivity index is 2.04. The average Bonchev–Trinajstić information content (AvgIpc) is 3.00. The van der Waals surface area contributed by atoms with Crippen LogP contribution in [0.25, 0.3) is 5.69 Å². The minimum absolute atomic E-state index is 0.323. The van der Waals surface area contributed by atoms with Gasteiger partial charge in [-0.25, -0.2) is 4.79 Å². The van der Waals surface area contributed by atoms with E-state index in [0.717, 1.165) is 28.6 Å². The molecule has 3 aromatic rings. The smallest absolute Gasteiger partial charge is 0.340 e. The van der Waals surface area contributed by atoms with Gasteiger partial charge in [0.2, 0.25) is 0 Å². The van der Waals surface area contributed by atoms with Crippen LogP contribution in [-0.4, -0.2) is 23.8 Å². The first-order valence-electron chi connectivity index (χ1n) is 9.08. The van der Waals surface area contributed by atoms with Crippen molar-refractivity contribution in [3.05, 3.63) is 71.9 Å². The summed E-state index contributed by atoms with van der Waals surface area (Å²) in [7, 11) is 0. The third kappa shape index (κ3) is 4.14. The molecule has 3 rings (SSSR count). The second-order valence-electron chi connectivity index (χ2n) is 6.00. The summed E-state index contributed by atoms with van der Waals surface area (Å²) < 4.78 is 12.8. The maximum absolute atomic E-state index is 12.4. The Morgan fingerprint density at radius 1 is 1.00 bits per heavy atom. The van der Waals surface area contributed by atoms with Gasteiger partial charge in [0.15, 0.2) is 0 Å². The van der Waals surface area contributed by atoms with Crippen LogP contribution >= 0.6 is 0 Å². The molecule has 0 bridgehead atoms. The van der Waals surface area contributed by atoms with Crippen molar-refractivity contribution in [1.82, 2.24) is 4.57 Å².